The van der Waals surface area contributed by atoms with Gasteiger partial charge in [-0.25, -0.2) is 14.6 Å². The SMILES string of the molecule is CCOc1cc(C(=O)Nc2cc(-n3nc(C)cc3C)ncn2)cc(OCC)c1OCC. The predicted molar refractivity (Wildman–Crippen MR) is 117 cm³/mol. The molecule has 0 spiro atoms. The molecular weight excluding hydrogens is 398 g/mol. The van der Waals surface area contributed by atoms with Crippen LogP contribution in [-0.4, -0.2) is 45.5 Å². The molecule has 0 bridgehead atoms. The molecule has 2 aromatic heterocycles. The van der Waals surface area contributed by atoms with E-state index in [0.29, 0.717) is 54.3 Å². The highest BCUT2D eigenvalue weighted by Gasteiger charge is 2.19. The molecule has 9 nitrogen and oxygen atoms in total. The first-order valence-corrected chi connectivity index (χ1v) is 10.2. The normalized spacial score (nSPS) is 10.6. The average molecular weight is 425 g/mol. The molecular formula is C22H27N5O4. The van der Waals surface area contributed by atoms with Crippen molar-refractivity contribution in [2.75, 3.05) is 25.1 Å². The largest absolute Gasteiger partial charge is 0.490 e. The minimum atomic E-state index is -0.358. The van der Waals surface area contributed by atoms with Crippen LogP contribution in [-0.2, 0) is 0 Å². The standard InChI is InChI=1S/C22H27N5O4/c1-6-29-17-10-16(11-18(30-7-2)21(17)31-8-3)22(28)25-19-12-20(24-13-23-19)27-15(5)9-14(4)26-27/h9-13H,6-8H2,1-5H3,(H,23,24,25,28). The van der Waals surface area contributed by atoms with E-state index in [1.807, 2.05) is 40.7 Å². The minimum absolute atomic E-state index is 0.354. The fourth-order valence-electron chi connectivity index (χ4n) is 3.10. The number of amides is 1. The van der Waals surface area contributed by atoms with E-state index in [1.54, 1.807) is 22.9 Å². The highest BCUT2D eigenvalue weighted by atomic mass is 16.5. The maximum Gasteiger partial charge on any atom is 0.257 e. The number of hydrogen-bond acceptors (Lipinski definition) is 7. The molecule has 0 unspecified atom stereocenters. The van der Waals surface area contributed by atoms with Crippen LogP contribution in [0.4, 0.5) is 5.82 Å². The van der Waals surface area contributed by atoms with Gasteiger partial charge in [-0.1, -0.05) is 0 Å². The molecule has 0 radical (unpaired) electrons. The van der Waals surface area contributed by atoms with E-state index < -0.39 is 0 Å². The summed E-state index contributed by atoms with van der Waals surface area (Å²) in [6, 6.07) is 6.88. The fraction of sp³-hybridized carbons (Fsp3) is 0.364. The maximum absolute atomic E-state index is 13.0. The maximum atomic E-state index is 13.0. The molecule has 0 saturated heterocycles. The number of ether oxygens (including phenoxy) is 3. The summed E-state index contributed by atoms with van der Waals surface area (Å²) in [4.78, 5) is 21.4. The van der Waals surface area contributed by atoms with Gasteiger partial charge in [0.25, 0.3) is 5.91 Å². The van der Waals surface area contributed by atoms with Crippen LogP contribution in [0.1, 0.15) is 42.5 Å². The van der Waals surface area contributed by atoms with Gasteiger partial charge in [-0.3, -0.25) is 4.79 Å². The van der Waals surface area contributed by atoms with Crippen molar-refractivity contribution in [1.82, 2.24) is 19.7 Å². The predicted octanol–water partition coefficient (Wildman–Crippen LogP) is 3.73. The van der Waals surface area contributed by atoms with Crippen molar-refractivity contribution in [3.8, 4) is 23.1 Å². The number of aryl methyl sites for hydroxylation is 2. The van der Waals surface area contributed by atoms with Crippen molar-refractivity contribution < 1.29 is 19.0 Å². The van der Waals surface area contributed by atoms with Crippen LogP contribution in [0.3, 0.4) is 0 Å². The summed E-state index contributed by atoms with van der Waals surface area (Å²) in [6.07, 6.45) is 1.39. The summed E-state index contributed by atoms with van der Waals surface area (Å²) in [6.45, 7) is 10.7. The van der Waals surface area contributed by atoms with Crippen LogP contribution >= 0.6 is 0 Å². The van der Waals surface area contributed by atoms with Gasteiger partial charge in [0.2, 0.25) is 5.75 Å². The third-order valence-electron chi connectivity index (χ3n) is 4.29. The molecule has 0 aliphatic carbocycles. The zero-order valence-electron chi connectivity index (χ0n) is 18.4. The summed E-state index contributed by atoms with van der Waals surface area (Å²) in [7, 11) is 0. The molecule has 1 amide bonds. The lowest BCUT2D eigenvalue weighted by Crippen LogP contribution is -2.15. The first-order chi connectivity index (χ1) is 15.0. The molecule has 9 heteroatoms. The van der Waals surface area contributed by atoms with Crippen LogP contribution in [0.2, 0.25) is 0 Å². The third kappa shape index (κ3) is 5.11. The summed E-state index contributed by atoms with van der Waals surface area (Å²) in [5.41, 5.74) is 2.17. The van der Waals surface area contributed by atoms with Gasteiger partial charge in [0.15, 0.2) is 17.3 Å². The van der Waals surface area contributed by atoms with Gasteiger partial charge >= 0.3 is 0 Å². The van der Waals surface area contributed by atoms with Crippen molar-refractivity contribution in [3.63, 3.8) is 0 Å². The molecule has 0 saturated carbocycles. The molecule has 164 valence electrons. The zero-order chi connectivity index (χ0) is 22.4. The monoisotopic (exact) mass is 425 g/mol. The Hall–Kier alpha value is -3.62. The summed E-state index contributed by atoms with van der Waals surface area (Å²) in [5, 5.41) is 7.22. The number of nitrogens with zero attached hydrogens (tertiary/aromatic N) is 4. The first kappa shape index (κ1) is 22.1. The van der Waals surface area contributed by atoms with E-state index in [2.05, 4.69) is 20.4 Å². The summed E-state index contributed by atoms with van der Waals surface area (Å²) in [5.74, 6) is 1.94. The highest BCUT2D eigenvalue weighted by molar-refractivity contribution is 6.04. The number of carbonyl (C=O) groups excluding carboxylic acids is 1. The molecule has 31 heavy (non-hydrogen) atoms. The lowest BCUT2D eigenvalue weighted by atomic mass is 10.1. The minimum Gasteiger partial charge on any atom is -0.490 e. The lowest BCUT2D eigenvalue weighted by Gasteiger charge is -2.17. The molecule has 0 aliphatic heterocycles. The lowest BCUT2D eigenvalue weighted by molar-refractivity contribution is 0.102. The fourth-order valence-corrected chi connectivity index (χ4v) is 3.10. The second-order valence-electron chi connectivity index (χ2n) is 6.66. The molecule has 0 atom stereocenters. The van der Waals surface area contributed by atoms with Crippen molar-refractivity contribution in [3.05, 3.63) is 47.5 Å². The number of aromatic nitrogens is 4. The molecule has 0 aliphatic rings. The van der Waals surface area contributed by atoms with Gasteiger partial charge in [0.1, 0.15) is 12.1 Å². The number of nitrogens with one attached hydrogen (secondary N) is 1. The van der Waals surface area contributed by atoms with Gasteiger partial charge in [-0.2, -0.15) is 5.10 Å². The number of rotatable bonds is 9. The Bertz CT molecular complexity index is 1040. The molecule has 1 aromatic carbocycles. The molecule has 3 rings (SSSR count). The Morgan fingerprint density at radius 1 is 0.935 bits per heavy atom. The van der Waals surface area contributed by atoms with Crippen molar-refractivity contribution in [1.29, 1.82) is 0 Å². The van der Waals surface area contributed by atoms with E-state index in [0.717, 1.165) is 11.4 Å². The molecule has 0 fully saturated rings. The van der Waals surface area contributed by atoms with E-state index >= 15 is 0 Å². The van der Waals surface area contributed by atoms with Gasteiger partial charge in [-0.15, -0.1) is 0 Å². The van der Waals surface area contributed by atoms with Crippen molar-refractivity contribution >= 4 is 11.7 Å². The number of hydrogen-bond donors (Lipinski definition) is 1. The Labute approximate surface area is 181 Å². The van der Waals surface area contributed by atoms with E-state index in [9.17, 15) is 4.79 Å². The van der Waals surface area contributed by atoms with Gasteiger partial charge in [-0.05, 0) is 52.8 Å². The van der Waals surface area contributed by atoms with Gasteiger partial charge in [0, 0.05) is 17.3 Å². The smallest absolute Gasteiger partial charge is 0.257 e. The van der Waals surface area contributed by atoms with E-state index in [-0.39, 0.29) is 5.91 Å². The van der Waals surface area contributed by atoms with E-state index in [4.69, 9.17) is 14.2 Å². The second kappa shape index (κ2) is 9.92. The molecule has 3 aromatic rings. The third-order valence-corrected chi connectivity index (χ3v) is 4.29. The Kier molecular flexibility index (Phi) is 7.07. The Balaban J connectivity index is 1.91. The van der Waals surface area contributed by atoms with Crippen LogP contribution < -0.4 is 19.5 Å². The Morgan fingerprint density at radius 2 is 1.58 bits per heavy atom. The number of carbonyl (C=O) groups is 1. The molecule has 1 N–H and O–H groups in total. The summed E-state index contributed by atoms with van der Waals surface area (Å²) < 4.78 is 18.8. The Morgan fingerprint density at radius 3 is 2.13 bits per heavy atom. The topological polar surface area (TPSA) is 100 Å². The highest BCUT2D eigenvalue weighted by Crippen LogP contribution is 2.39. The van der Waals surface area contributed by atoms with Crippen LogP contribution in [0.5, 0.6) is 17.2 Å². The van der Waals surface area contributed by atoms with Crippen LogP contribution in [0.25, 0.3) is 5.82 Å². The van der Waals surface area contributed by atoms with Crippen molar-refractivity contribution in [2.45, 2.75) is 34.6 Å². The van der Waals surface area contributed by atoms with E-state index in [1.165, 1.54) is 6.33 Å². The number of benzene rings is 1. The first-order valence-electron chi connectivity index (χ1n) is 10.2. The summed E-state index contributed by atoms with van der Waals surface area (Å²) >= 11 is 0. The van der Waals surface area contributed by atoms with Gasteiger partial charge in [0.05, 0.1) is 25.5 Å². The zero-order valence-corrected chi connectivity index (χ0v) is 18.4. The van der Waals surface area contributed by atoms with Crippen LogP contribution in [0, 0.1) is 13.8 Å². The number of anilines is 1. The van der Waals surface area contributed by atoms with Crippen LogP contribution in [0.15, 0.2) is 30.6 Å². The average Bonchev–Trinajstić information content (AvgIpc) is 3.08. The quantitative estimate of drug-likeness (QED) is 0.557. The van der Waals surface area contributed by atoms with Gasteiger partial charge < -0.3 is 19.5 Å². The molecule has 2 heterocycles. The second-order valence-corrected chi connectivity index (χ2v) is 6.66. The van der Waals surface area contributed by atoms with Crippen molar-refractivity contribution in [2.24, 2.45) is 0 Å².